The number of aryl methyl sites for hydroxylation is 1. The van der Waals surface area contributed by atoms with Gasteiger partial charge in [0.15, 0.2) is 0 Å². The molecule has 0 N–H and O–H groups in total. The third-order valence-electron chi connectivity index (χ3n) is 2.40. The molecule has 0 amide bonds. The van der Waals surface area contributed by atoms with Gasteiger partial charge in [0.05, 0.1) is 16.1 Å². The summed E-state index contributed by atoms with van der Waals surface area (Å²) in [6, 6.07) is 7.59. The monoisotopic (exact) mass is 238 g/mol. The van der Waals surface area contributed by atoms with Crippen LogP contribution in [0.25, 0.3) is 10.9 Å². The van der Waals surface area contributed by atoms with Crippen molar-refractivity contribution in [1.82, 2.24) is 4.57 Å². The standard InChI is InChI=1S/C11H8Cl2N2/c1-2-15-10-7(4-3-5-9(10)12)8(6-14)11(15)13/h3-5H,2H2,1H3. The number of nitriles is 1. The first kappa shape index (κ1) is 10.4. The van der Waals surface area contributed by atoms with E-state index < -0.39 is 0 Å². The second-order valence-electron chi connectivity index (χ2n) is 3.16. The molecule has 4 heteroatoms. The Bertz CT molecular complexity index is 564. The van der Waals surface area contributed by atoms with Crippen molar-refractivity contribution in [2.45, 2.75) is 13.5 Å². The van der Waals surface area contributed by atoms with E-state index in [1.165, 1.54) is 0 Å². The molecule has 0 fully saturated rings. The molecule has 0 saturated carbocycles. The lowest BCUT2D eigenvalue weighted by Gasteiger charge is -2.03. The van der Waals surface area contributed by atoms with Gasteiger partial charge in [-0.25, -0.2) is 0 Å². The topological polar surface area (TPSA) is 28.7 Å². The lowest BCUT2D eigenvalue weighted by molar-refractivity contribution is 0.798. The Kier molecular flexibility index (Phi) is 2.60. The molecule has 76 valence electrons. The first-order valence-electron chi connectivity index (χ1n) is 4.57. The Labute approximate surface area is 97.6 Å². The normalized spacial score (nSPS) is 10.5. The van der Waals surface area contributed by atoms with Crippen LogP contribution in [-0.2, 0) is 6.54 Å². The lowest BCUT2D eigenvalue weighted by atomic mass is 10.2. The number of fused-ring (bicyclic) bond motifs is 1. The van der Waals surface area contributed by atoms with E-state index in [1.807, 2.05) is 23.6 Å². The molecular formula is C11H8Cl2N2. The zero-order valence-corrected chi connectivity index (χ0v) is 9.60. The van der Waals surface area contributed by atoms with Crippen LogP contribution in [0, 0.1) is 11.3 Å². The minimum Gasteiger partial charge on any atom is -0.330 e. The fourth-order valence-electron chi connectivity index (χ4n) is 1.74. The van der Waals surface area contributed by atoms with Gasteiger partial charge in [0.25, 0.3) is 0 Å². The van der Waals surface area contributed by atoms with Crippen molar-refractivity contribution < 1.29 is 0 Å². The summed E-state index contributed by atoms with van der Waals surface area (Å²) in [5, 5.41) is 10.9. The predicted octanol–water partition coefficient (Wildman–Crippen LogP) is 3.84. The number of aromatic nitrogens is 1. The van der Waals surface area contributed by atoms with Gasteiger partial charge in [-0.3, -0.25) is 0 Å². The molecule has 0 aliphatic carbocycles. The third kappa shape index (κ3) is 1.40. The number of rotatable bonds is 1. The summed E-state index contributed by atoms with van der Waals surface area (Å²) in [6.07, 6.45) is 0. The summed E-state index contributed by atoms with van der Waals surface area (Å²) in [5.74, 6) is 0. The van der Waals surface area contributed by atoms with Crippen molar-refractivity contribution >= 4 is 34.1 Å². The molecule has 1 aromatic heterocycles. The average molecular weight is 239 g/mol. The van der Waals surface area contributed by atoms with Gasteiger partial charge < -0.3 is 4.57 Å². The Morgan fingerprint density at radius 2 is 2.13 bits per heavy atom. The Morgan fingerprint density at radius 3 is 2.73 bits per heavy atom. The van der Waals surface area contributed by atoms with Crippen molar-refractivity contribution in [2.24, 2.45) is 0 Å². The fourth-order valence-corrected chi connectivity index (χ4v) is 2.36. The maximum atomic E-state index is 9.03. The molecule has 2 aromatic rings. The van der Waals surface area contributed by atoms with E-state index in [1.54, 1.807) is 6.07 Å². The van der Waals surface area contributed by atoms with Gasteiger partial charge in [-0.1, -0.05) is 35.3 Å². The minimum absolute atomic E-state index is 0.461. The molecule has 0 radical (unpaired) electrons. The van der Waals surface area contributed by atoms with E-state index in [0.29, 0.717) is 22.3 Å². The zero-order chi connectivity index (χ0) is 11.0. The summed E-state index contributed by atoms with van der Waals surface area (Å²) in [6.45, 7) is 2.66. The lowest BCUT2D eigenvalue weighted by Crippen LogP contribution is -1.93. The highest BCUT2D eigenvalue weighted by Crippen LogP contribution is 2.33. The van der Waals surface area contributed by atoms with Gasteiger partial charge in [-0.15, -0.1) is 0 Å². The van der Waals surface area contributed by atoms with Crippen LogP contribution in [0.5, 0.6) is 0 Å². The van der Waals surface area contributed by atoms with Crippen molar-refractivity contribution in [2.75, 3.05) is 0 Å². The molecule has 0 unspecified atom stereocenters. The molecule has 0 bridgehead atoms. The second kappa shape index (κ2) is 3.77. The predicted molar refractivity (Wildman–Crippen MR) is 62.3 cm³/mol. The van der Waals surface area contributed by atoms with Gasteiger partial charge in [-0.05, 0) is 13.0 Å². The average Bonchev–Trinajstić information content (AvgIpc) is 2.51. The van der Waals surface area contributed by atoms with Crippen LogP contribution in [0.4, 0.5) is 0 Å². The molecule has 2 nitrogen and oxygen atoms in total. The number of hydrogen-bond donors (Lipinski definition) is 0. The molecule has 15 heavy (non-hydrogen) atoms. The maximum Gasteiger partial charge on any atom is 0.128 e. The molecular weight excluding hydrogens is 231 g/mol. The van der Waals surface area contributed by atoms with E-state index in [2.05, 4.69) is 6.07 Å². The smallest absolute Gasteiger partial charge is 0.128 e. The van der Waals surface area contributed by atoms with Gasteiger partial charge >= 0.3 is 0 Å². The zero-order valence-electron chi connectivity index (χ0n) is 8.09. The van der Waals surface area contributed by atoms with Crippen LogP contribution in [0.3, 0.4) is 0 Å². The molecule has 0 spiro atoms. The van der Waals surface area contributed by atoms with Crippen LogP contribution >= 0.6 is 23.2 Å². The Balaban J connectivity index is 3.00. The summed E-state index contributed by atoms with van der Waals surface area (Å²) in [7, 11) is 0. The van der Waals surface area contributed by atoms with Crippen LogP contribution in [0.1, 0.15) is 12.5 Å². The number of hydrogen-bond acceptors (Lipinski definition) is 1. The summed E-state index contributed by atoms with van der Waals surface area (Å²) >= 11 is 12.2. The number of para-hydroxylation sites is 1. The van der Waals surface area contributed by atoms with Crippen LogP contribution < -0.4 is 0 Å². The number of halogens is 2. The molecule has 1 heterocycles. The van der Waals surface area contributed by atoms with Crippen molar-refractivity contribution in [3.63, 3.8) is 0 Å². The fraction of sp³-hybridized carbons (Fsp3) is 0.182. The molecule has 1 aromatic carbocycles. The third-order valence-corrected chi connectivity index (χ3v) is 3.10. The molecule has 0 saturated heterocycles. The summed E-state index contributed by atoms with van der Waals surface area (Å²) < 4.78 is 1.85. The van der Waals surface area contributed by atoms with Crippen LogP contribution in [-0.4, -0.2) is 4.57 Å². The highest BCUT2D eigenvalue weighted by atomic mass is 35.5. The van der Waals surface area contributed by atoms with Gasteiger partial charge in [0, 0.05) is 11.9 Å². The molecule has 0 aliphatic rings. The van der Waals surface area contributed by atoms with E-state index in [-0.39, 0.29) is 0 Å². The quantitative estimate of drug-likeness (QED) is 0.743. The molecule has 0 aliphatic heterocycles. The van der Waals surface area contributed by atoms with Gasteiger partial charge in [-0.2, -0.15) is 5.26 Å². The summed E-state index contributed by atoms with van der Waals surface area (Å²) in [5.41, 5.74) is 1.33. The van der Waals surface area contributed by atoms with Crippen molar-refractivity contribution in [1.29, 1.82) is 5.26 Å². The minimum atomic E-state index is 0.461. The largest absolute Gasteiger partial charge is 0.330 e. The molecule has 0 atom stereocenters. The van der Waals surface area contributed by atoms with E-state index in [9.17, 15) is 0 Å². The van der Waals surface area contributed by atoms with Crippen LogP contribution in [0.15, 0.2) is 18.2 Å². The first-order valence-corrected chi connectivity index (χ1v) is 5.32. The molecule has 2 rings (SSSR count). The number of nitrogens with zero attached hydrogens (tertiary/aromatic N) is 2. The van der Waals surface area contributed by atoms with Crippen molar-refractivity contribution in [3.05, 3.63) is 33.9 Å². The highest BCUT2D eigenvalue weighted by molar-refractivity contribution is 6.37. The highest BCUT2D eigenvalue weighted by Gasteiger charge is 2.15. The van der Waals surface area contributed by atoms with Gasteiger partial charge in [0.2, 0.25) is 0 Å². The van der Waals surface area contributed by atoms with E-state index in [4.69, 9.17) is 28.5 Å². The van der Waals surface area contributed by atoms with Gasteiger partial charge in [0.1, 0.15) is 11.2 Å². The first-order chi connectivity index (χ1) is 7.20. The van der Waals surface area contributed by atoms with E-state index >= 15 is 0 Å². The maximum absolute atomic E-state index is 9.03. The Hall–Kier alpha value is -1.17. The van der Waals surface area contributed by atoms with Crippen molar-refractivity contribution in [3.8, 4) is 6.07 Å². The summed E-state index contributed by atoms with van der Waals surface area (Å²) in [4.78, 5) is 0. The van der Waals surface area contributed by atoms with Crippen LogP contribution in [0.2, 0.25) is 10.2 Å². The van der Waals surface area contributed by atoms with E-state index in [0.717, 1.165) is 10.9 Å². The SMILES string of the molecule is CCn1c(Cl)c(C#N)c2cccc(Cl)c21. The number of benzene rings is 1. The second-order valence-corrected chi connectivity index (χ2v) is 3.92. The Morgan fingerprint density at radius 1 is 1.40 bits per heavy atom.